The van der Waals surface area contributed by atoms with E-state index in [1.165, 1.54) is 7.11 Å². The van der Waals surface area contributed by atoms with Crippen molar-refractivity contribution in [3.05, 3.63) is 72.4 Å². The van der Waals surface area contributed by atoms with E-state index in [0.717, 1.165) is 11.1 Å². The molecule has 0 fully saturated rings. The first kappa shape index (κ1) is 25.5. The fourth-order valence-corrected chi connectivity index (χ4v) is 3.96. The van der Waals surface area contributed by atoms with E-state index in [4.69, 9.17) is 24.7 Å². The number of ether oxygens (including phenoxy) is 4. The number of hydrogen-bond acceptors (Lipinski definition) is 8. The molecule has 0 aliphatic heterocycles. The lowest BCUT2D eigenvalue weighted by Crippen LogP contribution is -2.37. The van der Waals surface area contributed by atoms with E-state index < -0.39 is 6.04 Å². The van der Waals surface area contributed by atoms with Gasteiger partial charge in [-0.3, -0.25) is 4.79 Å². The van der Waals surface area contributed by atoms with Crippen molar-refractivity contribution in [1.29, 1.82) is 0 Å². The Hall–Kier alpha value is -4.57. The van der Waals surface area contributed by atoms with Gasteiger partial charge in [0.05, 0.1) is 57.7 Å². The summed E-state index contributed by atoms with van der Waals surface area (Å²) in [5.74, 6) is 1.60. The lowest BCUT2D eigenvalue weighted by atomic mass is 10.1. The Bertz CT molecular complexity index is 1350. The zero-order valence-corrected chi connectivity index (χ0v) is 21.1. The summed E-state index contributed by atoms with van der Waals surface area (Å²) in [6.45, 7) is 0. The smallest absolute Gasteiger partial charge is 0.241 e. The fraction of sp³-hybridized carbons (Fsp3) is 0.222. The molecule has 0 saturated heterocycles. The Morgan fingerprint density at radius 1 is 0.919 bits per heavy atom. The number of carbonyl (C=O) groups is 1. The maximum absolute atomic E-state index is 12.9. The van der Waals surface area contributed by atoms with Crippen LogP contribution in [0.3, 0.4) is 0 Å². The molecule has 3 N–H and O–H groups in total. The number of hydrogen-bond donors (Lipinski definition) is 2. The number of nitrogens with one attached hydrogen (secondary N) is 1. The van der Waals surface area contributed by atoms with Gasteiger partial charge in [0.25, 0.3) is 0 Å². The molecule has 1 heterocycles. The van der Waals surface area contributed by atoms with Crippen LogP contribution in [0, 0.1) is 0 Å². The standard InChI is InChI=1S/C27H29N5O5/c1-34-23-11-10-18(13-21(23)30-27(33)20(28)12-17-8-6-5-7-9-17)22-16-29-31-32(22)19-14-24(35-2)26(37-4)25(15-19)36-3/h5-11,13-16,20H,12,28H2,1-4H3,(H,30,33). The molecule has 0 aliphatic rings. The van der Waals surface area contributed by atoms with Crippen molar-refractivity contribution < 1.29 is 23.7 Å². The van der Waals surface area contributed by atoms with E-state index in [0.29, 0.717) is 46.5 Å². The molecule has 0 radical (unpaired) electrons. The molecule has 10 nitrogen and oxygen atoms in total. The molecule has 1 amide bonds. The average Bonchev–Trinajstić information content (AvgIpc) is 3.42. The van der Waals surface area contributed by atoms with Gasteiger partial charge in [0, 0.05) is 17.7 Å². The second kappa shape index (κ2) is 11.4. The first-order valence-corrected chi connectivity index (χ1v) is 11.5. The molecular formula is C27H29N5O5. The van der Waals surface area contributed by atoms with Crippen LogP contribution in [0.2, 0.25) is 0 Å². The highest BCUT2D eigenvalue weighted by Crippen LogP contribution is 2.40. The molecule has 0 spiro atoms. The molecule has 1 aromatic heterocycles. The van der Waals surface area contributed by atoms with E-state index in [9.17, 15) is 4.79 Å². The molecule has 1 atom stereocenters. The number of benzene rings is 3. The average molecular weight is 504 g/mol. The van der Waals surface area contributed by atoms with Crippen molar-refractivity contribution in [2.45, 2.75) is 12.5 Å². The summed E-state index contributed by atoms with van der Waals surface area (Å²) in [4.78, 5) is 12.9. The third-order valence-electron chi connectivity index (χ3n) is 5.83. The fourth-order valence-electron chi connectivity index (χ4n) is 3.96. The highest BCUT2D eigenvalue weighted by atomic mass is 16.5. The Kier molecular flexibility index (Phi) is 7.89. The molecule has 4 rings (SSSR count). The molecule has 10 heteroatoms. The van der Waals surface area contributed by atoms with E-state index in [1.807, 2.05) is 36.4 Å². The number of aromatic nitrogens is 3. The minimum absolute atomic E-state index is 0.324. The largest absolute Gasteiger partial charge is 0.495 e. The Labute approximate surface area is 214 Å². The van der Waals surface area contributed by atoms with Crippen LogP contribution in [0.4, 0.5) is 5.69 Å². The molecule has 3 aromatic carbocycles. The van der Waals surface area contributed by atoms with Gasteiger partial charge in [-0.2, -0.15) is 0 Å². The van der Waals surface area contributed by atoms with Crippen molar-refractivity contribution in [2.24, 2.45) is 5.73 Å². The highest BCUT2D eigenvalue weighted by Gasteiger charge is 2.20. The maximum Gasteiger partial charge on any atom is 0.241 e. The third kappa shape index (κ3) is 5.49. The number of nitrogens with two attached hydrogens (primary N) is 1. The van der Waals surface area contributed by atoms with Gasteiger partial charge in [-0.1, -0.05) is 35.5 Å². The first-order chi connectivity index (χ1) is 18.0. The minimum Gasteiger partial charge on any atom is -0.495 e. The zero-order chi connectivity index (χ0) is 26.4. The quantitative estimate of drug-likeness (QED) is 0.337. The molecule has 0 aliphatic carbocycles. The van der Waals surface area contributed by atoms with Crippen LogP contribution in [0.25, 0.3) is 16.9 Å². The van der Waals surface area contributed by atoms with Gasteiger partial charge in [-0.05, 0) is 30.2 Å². The van der Waals surface area contributed by atoms with Gasteiger partial charge in [-0.15, -0.1) is 5.10 Å². The van der Waals surface area contributed by atoms with Crippen molar-refractivity contribution in [2.75, 3.05) is 33.8 Å². The Balaban J connectivity index is 1.66. The molecule has 4 aromatic rings. The second-order valence-corrected chi connectivity index (χ2v) is 8.12. The number of anilines is 1. The third-order valence-corrected chi connectivity index (χ3v) is 5.83. The van der Waals surface area contributed by atoms with Crippen LogP contribution in [-0.2, 0) is 11.2 Å². The maximum atomic E-state index is 12.9. The van der Waals surface area contributed by atoms with Gasteiger partial charge in [-0.25, -0.2) is 4.68 Å². The Morgan fingerprint density at radius 3 is 2.22 bits per heavy atom. The van der Waals surface area contributed by atoms with Crippen molar-refractivity contribution >= 4 is 11.6 Å². The summed E-state index contributed by atoms with van der Waals surface area (Å²) in [6.07, 6.45) is 2.03. The van der Waals surface area contributed by atoms with Crippen molar-refractivity contribution in [3.63, 3.8) is 0 Å². The molecule has 192 valence electrons. The van der Waals surface area contributed by atoms with Crippen LogP contribution in [0.1, 0.15) is 5.56 Å². The summed E-state index contributed by atoms with van der Waals surface area (Å²) in [7, 11) is 6.17. The highest BCUT2D eigenvalue weighted by molar-refractivity contribution is 5.96. The number of carbonyl (C=O) groups excluding carboxylic acids is 1. The first-order valence-electron chi connectivity index (χ1n) is 11.5. The summed E-state index contributed by atoms with van der Waals surface area (Å²) >= 11 is 0. The zero-order valence-electron chi connectivity index (χ0n) is 21.1. The van der Waals surface area contributed by atoms with Gasteiger partial charge in [0.2, 0.25) is 11.7 Å². The lowest BCUT2D eigenvalue weighted by molar-refractivity contribution is -0.117. The van der Waals surface area contributed by atoms with Gasteiger partial charge in [0.1, 0.15) is 5.75 Å². The minimum atomic E-state index is -0.734. The van der Waals surface area contributed by atoms with E-state index >= 15 is 0 Å². The molecule has 37 heavy (non-hydrogen) atoms. The van der Waals surface area contributed by atoms with E-state index in [2.05, 4.69) is 15.6 Å². The van der Waals surface area contributed by atoms with Crippen LogP contribution >= 0.6 is 0 Å². The number of nitrogens with zero attached hydrogens (tertiary/aromatic N) is 3. The SMILES string of the molecule is COc1ccc(-c2cnnn2-c2cc(OC)c(OC)c(OC)c2)cc1NC(=O)C(N)Cc1ccccc1. The van der Waals surface area contributed by atoms with E-state index in [-0.39, 0.29) is 5.91 Å². The molecule has 0 saturated carbocycles. The molecule has 0 bridgehead atoms. The summed E-state index contributed by atoms with van der Waals surface area (Å²) in [5, 5.41) is 11.3. The Morgan fingerprint density at radius 2 is 1.59 bits per heavy atom. The molecule has 1 unspecified atom stereocenters. The summed E-state index contributed by atoms with van der Waals surface area (Å²) in [6, 6.07) is 17.8. The van der Waals surface area contributed by atoms with Crippen molar-refractivity contribution in [1.82, 2.24) is 15.0 Å². The lowest BCUT2D eigenvalue weighted by Gasteiger charge is -2.17. The van der Waals surface area contributed by atoms with Crippen LogP contribution in [-0.4, -0.2) is 55.4 Å². The number of methoxy groups -OCH3 is 4. The van der Waals surface area contributed by atoms with Gasteiger partial charge < -0.3 is 30.0 Å². The summed E-state index contributed by atoms with van der Waals surface area (Å²) < 4.78 is 23.5. The predicted octanol–water partition coefficient (Wildman–Crippen LogP) is 3.48. The second-order valence-electron chi connectivity index (χ2n) is 8.12. The van der Waals surface area contributed by atoms with Crippen LogP contribution < -0.4 is 30.0 Å². The predicted molar refractivity (Wildman–Crippen MR) is 140 cm³/mol. The molecular weight excluding hydrogens is 474 g/mol. The topological polar surface area (TPSA) is 123 Å². The van der Waals surface area contributed by atoms with Gasteiger partial charge >= 0.3 is 0 Å². The number of amides is 1. The van der Waals surface area contributed by atoms with E-state index in [1.54, 1.807) is 56.5 Å². The van der Waals surface area contributed by atoms with Crippen LogP contribution in [0.15, 0.2) is 66.9 Å². The van der Waals surface area contributed by atoms with Gasteiger partial charge in [0.15, 0.2) is 11.5 Å². The monoisotopic (exact) mass is 503 g/mol. The normalized spacial score (nSPS) is 11.5. The van der Waals surface area contributed by atoms with Crippen LogP contribution in [0.5, 0.6) is 23.0 Å². The van der Waals surface area contributed by atoms with Crippen molar-refractivity contribution in [3.8, 4) is 39.9 Å². The number of rotatable bonds is 10. The summed E-state index contributed by atoms with van der Waals surface area (Å²) in [5.41, 5.74) is 9.70.